The Labute approximate surface area is 409 Å². The molecule has 5 nitrogen and oxygen atoms in total. The number of aromatic nitrogens is 1. The second kappa shape index (κ2) is 25.6. The molecule has 0 aliphatic heterocycles. The third-order valence-electron chi connectivity index (χ3n) is 18.4. The molecular weight excluding hydrogens is 803 g/mol. The number of unbranched alkanes of at least 4 members (excludes halogenated alkanes) is 1. The molecule has 4 aliphatic carbocycles. The van der Waals surface area contributed by atoms with Crippen molar-refractivity contribution in [2.45, 2.75) is 185 Å². The summed E-state index contributed by atoms with van der Waals surface area (Å²) in [6.45, 7) is 45.4. The minimum Gasteiger partial charge on any atom is -0.389 e. The van der Waals surface area contributed by atoms with E-state index in [1.165, 1.54) is 93.8 Å². The highest BCUT2D eigenvalue weighted by Crippen LogP contribution is 2.76. The Morgan fingerprint density at radius 1 is 0.894 bits per heavy atom. The molecule has 8 atom stereocenters. The largest absolute Gasteiger partial charge is 0.389 e. The number of rotatable bonds is 26. The van der Waals surface area contributed by atoms with Gasteiger partial charge in [0.15, 0.2) is 0 Å². The standard InChI is InChI=1S/C59H97N5.C2H6/c1-15-19-52(40-47(6)42-63(13)36-37-64(14)43-53-39-46(5)28-35-62-53)61-34-17-16-33-60-49(8)23-22-45(4)38-50-26-29-56(9)51(41-50)24-25-55-54(56)27-30-59(12)57(10,31-32-58(55,59)11)48(7)21-18-20-44(2)3;1-2/h15,19,24,28,35,39-40,44,48,50,54-55,60-61H,1,4,8,16-18,20-23,25-27,29-34,36-38,41-43H2,2-3,5-7,9-14H3;1-2H3/b47-40+,52-19+;/t48-,50?,54+,55?,56?,57-,58+,59?;/m1./s1. The van der Waals surface area contributed by atoms with E-state index in [1.54, 1.807) is 0 Å². The highest BCUT2D eigenvalue weighted by atomic mass is 15.2. The molecule has 0 saturated heterocycles. The molecule has 372 valence electrons. The van der Waals surface area contributed by atoms with E-state index in [2.05, 4.69) is 152 Å². The average molecular weight is 907 g/mol. The summed E-state index contributed by atoms with van der Waals surface area (Å²) in [6, 6.07) is 4.23. The minimum absolute atomic E-state index is 0.398. The summed E-state index contributed by atoms with van der Waals surface area (Å²) in [7, 11) is 4.38. The Balaban J connectivity index is 0.00000469. The molecule has 66 heavy (non-hydrogen) atoms. The van der Waals surface area contributed by atoms with Crippen molar-refractivity contribution >= 4 is 0 Å². The van der Waals surface area contributed by atoms with Crippen LogP contribution in [0.4, 0.5) is 0 Å². The van der Waals surface area contributed by atoms with Crippen LogP contribution in [-0.2, 0) is 6.54 Å². The van der Waals surface area contributed by atoms with Gasteiger partial charge in [-0.1, -0.05) is 130 Å². The maximum atomic E-state index is 4.62. The third kappa shape index (κ3) is 14.1. The molecule has 0 amide bonds. The van der Waals surface area contributed by atoms with E-state index in [4.69, 9.17) is 0 Å². The van der Waals surface area contributed by atoms with Gasteiger partial charge < -0.3 is 15.5 Å². The summed E-state index contributed by atoms with van der Waals surface area (Å²) >= 11 is 0. The molecule has 4 unspecified atom stereocenters. The van der Waals surface area contributed by atoms with E-state index in [0.29, 0.717) is 21.7 Å². The molecule has 3 saturated carbocycles. The average Bonchev–Trinajstić information content (AvgIpc) is 3.49. The van der Waals surface area contributed by atoms with Gasteiger partial charge >= 0.3 is 0 Å². The van der Waals surface area contributed by atoms with Crippen molar-refractivity contribution in [3.05, 3.63) is 102 Å². The van der Waals surface area contributed by atoms with Crippen LogP contribution in [0.2, 0.25) is 0 Å². The predicted molar refractivity (Wildman–Crippen MR) is 289 cm³/mol. The first-order chi connectivity index (χ1) is 31.3. The van der Waals surface area contributed by atoms with Crippen molar-refractivity contribution in [3.8, 4) is 0 Å². The molecule has 4 aliphatic rings. The van der Waals surface area contributed by atoms with E-state index in [9.17, 15) is 0 Å². The normalized spacial score (nSPS) is 29.0. The summed E-state index contributed by atoms with van der Waals surface area (Å²) in [6.07, 6.45) is 31.7. The smallest absolute Gasteiger partial charge is 0.0546 e. The van der Waals surface area contributed by atoms with Gasteiger partial charge in [0.05, 0.1) is 5.69 Å². The van der Waals surface area contributed by atoms with Crippen molar-refractivity contribution in [2.75, 3.05) is 46.8 Å². The zero-order chi connectivity index (χ0) is 48.7. The van der Waals surface area contributed by atoms with Crippen LogP contribution in [0.25, 0.3) is 0 Å². The number of nitrogens with zero attached hydrogens (tertiary/aromatic N) is 3. The number of hydrogen-bond acceptors (Lipinski definition) is 5. The fraction of sp³-hybridized carbons (Fsp3) is 0.721. The molecule has 0 aromatic carbocycles. The van der Waals surface area contributed by atoms with Gasteiger partial charge in [-0.2, -0.15) is 0 Å². The molecule has 1 aromatic rings. The van der Waals surface area contributed by atoms with Crippen molar-refractivity contribution in [2.24, 2.45) is 51.2 Å². The van der Waals surface area contributed by atoms with Crippen LogP contribution in [-0.4, -0.2) is 61.6 Å². The Morgan fingerprint density at radius 3 is 2.30 bits per heavy atom. The molecule has 0 spiro atoms. The fourth-order valence-corrected chi connectivity index (χ4v) is 13.8. The predicted octanol–water partition coefficient (Wildman–Crippen LogP) is 15.4. The lowest BCUT2D eigenvalue weighted by Crippen LogP contribution is -2.57. The minimum atomic E-state index is 0.398. The first-order valence-electron chi connectivity index (χ1n) is 27.1. The second-order valence-electron chi connectivity index (χ2n) is 23.4. The van der Waals surface area contributed by atoms with Crippen LogP contribution in [0, 0.1) is 58.2 Å². The van der Waals surface area contributed by atoms with Crippen LogP contribution in [0.1, 0.15) is 183 Å². The molecule has 5 rings (SSSR count). The van der Waals surface area contributed by atoms with Gasteiger partial charge in [-0.15, -0.1) is 0 Å². The fourth-order valence-electron chi connectivity index (χ4n) is 13.8. The molecule has 0 radical (unpaired) electrons. The first kappa shape index (κ1) is 55.7. The highest BCUT2D eigenvalue weighted by Gasteiger charge is 2.68. The van der Waals surface area contributed by atoms with E-state index in [1.807, 2.05) is 31.7 Å². The lowest BCUT2D eigenvalue weighted by Gasteiger charge is -2.65. The topological polar surface area (TPSA) is 43.4 Å². The molecule has 2 N–H and O–H groups in total. The lowest BCUT2D eigenvalue weighted by atomic mass is 9.40. The number of likely N-dealkylation sites (N-methyl/N-ethyl adjacent to an activating group) is 2. The van der Waals surface area contributed by atoms with E-state index in [-0.39, 0.29) is 0 Å². The maximum absolute atomic E-state index is 4.62. The van der Waals surface area contributed by atoms with Gasteiger partial charge in [-0.3, -0.25) is 9.88 Å². The molecule has 1 aromatic heterocycles. The van der Waals surface area contributed by atoms with Crippen molar-refractivity contribution in [1.29, 1.82) is 0 Å². The highest BCUT2D eigenvalue weighted by molar-refractivity contribution is 5.29. The summed E-state index contributed by atoms with van der Waals surface area (Å²) in [5.41, 5.74) is 11.0. The summed E-state index contributed by atoms with van der Waals surface area (Å²) in [5, 5.41) is 7.28. The zero-order valence-corrected chi connectivity index (χ0v) is 45.4. The van der Waals surface area contributed by atoms with Crippen LogP contribution < -0.4 is 10.6 Å². The van der Waals surface area contributed by atoms with E-state index < -0.39 is 0 Å². The van der Waals surface area contributed by atoms with Gasteiger partial charge in [-0.05, 0) is 193 Å². The molecule has 1 heterocycles. The van der Waals surface area contributed by atoms with Gasteiger partial charge in [0, 0.05) is 56.9 Å². The maximum Gasteiger partial charge on any atom is 0.0546 e. The summed E-state index contributed by atoms with van der Waals surface area (Å²) in [4.78, 5) is 9.26. The number of aryl methyl sites for hydroxylation is 1. The van der Waals surface area contributed by atoms with E-state index in [0.717, 1.165) is 112 Å². The van der Waals surface area contributed by atoms with Gasteiger partial charge in [0.2, 0.25) is 0 Å². The Kier molecular flexibility index (Phi) is 21.6. The second-order valence-corrected chi connectivity index (χ2v) is 23.4. The number of hydrogen-bond donors (Lipinski definition) is 2. The lowest BCUT2D eigenvalue weighted by molar-refractivity contribution is -0.139. The van der Waals surface area contributed by atoms with E-state index >= 15 is 0 Å². The SMILES string of the molecule is C=C/C=C(\C=C(/C)CN(C)CCN(C)Cc1cc(C)ccn1)NCCCCNC(=C)CCC(=C)CC1CCC2(C)C(=CCC3[C@@H]2CCC2(C)[C@@]3(C)CC[C@]2(C)[C@H](C)CCCC(C)C)C1.CC. The van der Waals surface area contributed by atoms with Crippen molar-refractivity contribution < 1.29 is 0 Å². The Hall–Kier alpha value is -2.89. The quantitative estimate of drug-likeness (QED) is 0.0551. The van der Waals surface area contributed by atoms with Gasteiger partial charge in [-0.25, -0.2) is 0 Å². The number of pyridine rings is 1. The number of allylic oxidation sites excluding steroid dienone is 7. The third-order valence-corrected chi connectivity index (χ3v) is 18.4. The van der Waals surface area contributed by atoms with Crippen LogP contribution >= 0.6 is 0 Å². The summed E-state index contributed by atoms with van der Waals surface area (Å²) in [5.74, 6) is 4.10. The zero-order valence-electron chi connectivity index (χ0n) is 45.4. The Morgan fingerprint density at radius 2 is 1.61 bits per heavy atom. The van der Waals surface area contributed by atoms with Crippen LogP contribution in [0.5, 0.6) is 0 Å². The monoisotopic (exact) mass is 906 g/mol. The number of nitrogens with one attached hydrogen (secondary N) is 2. The Bertz CT molecular complexity index is 1800. The van der Waals surface area contributed by atoms with Crippen molar-refractivity contribution in [1.82, 2.24) is 25.4 Å². The van der Waals surface area contributed by atoms with Crippen LogP contribution in [0.15, 0.2) is 90.5 Å². The number of fused-ring (bicyclic) bond motifs is 5. The first-order valence-corrected chi connectivity index (χ1v) is 27.1. The molecular formula is C61H103N5. The summed E-state index contributed by atoms with van der Waals surface area (Å²) < 4.78 is 0. The molecule has 3 fully saturated rings. The molecule has 0 bridgehead atoms. The van der Waals surface area contributed by atoms with Crippen molar-refractivity contribution in [3.63, 3.8) is 0 Å². The molecule has 5 heteroatoms. The van der Waals surface area contributed by atoms with Gasteiger partial charge in [0.25, 0.3) is 0 Å². The van der Waals surface area contributed by atoms with Crippen LogP contribution in [0.3, 0.4) is 0 Å². The van der Waals surface area contributed by atoms with Gasteiger partial charge in [0.1, 0.15) is 0 Å².